The first-order valence-electron chi connectivity index (χ1n) is 8.95. The number of halogens is 4. The summed E-state index contributed by atoms with van der Waals surface area (Å²) in [6, 6.07) is 7.52. The Balaban J connectivity index is 1.73. The van der Waals surface area contributed by atoms with E-state index in [0.717, 1.165) is 40.4 Å². The van der Waals surface area contributed by atoms with E-state index < -0.39 is 29.7 Å². The number of rotatable bonds is 4. The Bertz CT molecular complexity index is 1140. The van der Waals surface area contributed by atoms with Gasteiger partial charge in [0.1, 0.15) is 0 Å². The van der Waals surface area contributed by atoms with E-state index in [2.05, 4.69) is 10.3 Å². The zero-order chi connectivity index (χ0) is 22.2. The summed E-state index contributed by atoms with van der Waals surface area (Å²) in [5.41, 5.74) is 1.90. The molecule has 2 aromatic carbocycles. The van der Waals surface area contributed by atoms with Crippen molar-refractivity contribution in [2.24, 2.45) is 0 Å². The number of hydrogen-bond acceptors (Lipinski definition) is 3. The maximum absolute atomic E-state index is 12.9. The molecule has 158 valence electrons. The second-order valence-corrected chi connectivity index (χ2v) is 7.27. The fourth-order valence-electron chi connectivity index (χ4n) is 2.90. The molecule has 0 aliphatic carbocycles. The monoisotopic (exact) mass is 438 g/mol. The highest BCUT2D eigenvalue weighted by atomic mass is 35.5. The molecule has 30 heavy (non-hydrogen) atoms. The van der Waals surface area contributed by atoms with Crippen LogP contribution in [-0.2, 0) is 15.7 Å². The molecule has 9 heteroatoms. The predicted molar refractivity (Wildman–Crippen MR) is 108 cm³/mol. The molecule has 0 radical (unpaired) electrons. The minimum atomic E-state index is -4.59. The summed E-state index contributed by atoms with van der Waals surface area (Å²) < 4.78 is 43.8. The van der Waals surface area contributed by atoms with Crippen molar-refractivity contribution in [2.45, 2.75) is 33.1 Å². The van der Waals surface area contributed by atoms with E-state index in [4.69, 9.17) is 16.3 Å². The van der Waals surface area contributed by atoms with Crippen molar-refractivity contribution in [1.29, 1.82) is 0 Å². The van der Waals surface area contributed by atoms with Crippen LogP contribution in [0.25, 0.3) is 10.9 Å². The number of aromatic nitrogens is 1. The van der Waals surface area contributed by atoms with Crippen molar-refractivity contribution in [3.05, 3.63) is 63.8 Å². The largest absolute Gasteiger partial charge is 0.449 e. The molecule has 0 bridgehead atoms. The highest BCUT2D eigenvalue weighted by Crippen LogP contribution is 2.34. The minimum Gasteiger partial charge on any atom is -0.449 e. The van der Waals surface area contributed by atoms with Gasteiger partial charge in [0.2, 0.25) is 0 Å². The van der Waals surface area contributed by atoms with Gasteiger partial charge in [-0.2, -0.15) is 13.2 Å². The number of alkyl halides is 3. The molecule has 1 atom stereocenters. The van der Waals surface area contributed by atoms with Crippen LogP contribution in [0.5, 0.6) is 0 Å². The Labute approximate surface area is 175 Å². The van der Waals surface area contributed by atoms with Crippen LogP contribution >= 0.6 is 11.6 Å². The zero-order valence-corrected chi connectivity index (χ0v) is 17.0. The third-order valence-electron chi connectivity index (χ3n) is 4.75. The van der Waals surface area contributed by atoms with E-state index in [0.29, 0.717) is 0 Å². The number of anilines is 1. The second kappa shape index (κ2) is 8.02. The summed E-state index contributed by atoms with van der Waals surface area (Å²) in [6.45, 7) is 5.15. The van der Waals surface area contributed by atoms with Crippen LogP contribution < -0.4 is 5.32 Å². The van der Waals surface area contributed by atoms with Crippen molar-refractivity contribution < 1.29 is 27.5 Å². The molecule has 1 aromatic heterocycles. The maximum atomic E-state index is 12.9. The van der Waals surface area contributed by atoms with E-state index in [1.165, 1.54) is 6.92 Å². The van der Waals surface area contributed by atoms with Crippen LogP contribution in [-0.4, -0.2) is 23.0 Å². The Kier molecular flexibility index (Phi) is 5.81. The fraction of sp³-hybridized carbons (Fsp3) is 0.238. The van der Waals surface area contributed by atoms with Gasteiger partial charge in [0.15, 0.2) is 6.10 Å². The van der Waals surface area contributed by atoms with Crippen molar-refractivity contribution >= 4 is 40.1 Å². The average molecular weight is 439 g/mol. The van der Waals surface area contributed by atoms with Crippen molar-refractivity contribution in [3.8, 4) is 0 Å². The van der Waals surface area contributed by atoms with Crippen molar-refractivity contribution in [2.75, 3.05) is 5.32 Å². The quantitative estimate of drug-likeness (QED) is 0.518. The lowest BCUT2D eigenvalue weighted by Gasteiger charge is -2.15. The summed E-state index contributed by atoms with van der Waals surface area (Å²) in [7, 11) is 0. The Morgan fingerprint density at radius 3 is 2.50 bits per heavy atom. The lowest BCUT2D eigenvalue weighted by molar-refractivity contribution is -0.137. The van der Waals surface area contributed by atoms with Crippen LogP contribution in [0.2, 0.25) is 5.02 Å². The number of benzene rings is 2. The SMILES string of the molecule is Cc1[nH]c2ccc(C(=O)OC(C)C(=O)Nc3cc(C(F)(F)F)ccc3Cl)cc2c1C. The molecule has 0 saturated heterocycles. The molecule has 0 fully saturated rings. The first kappa shape index (κ1) is 21.7. The molecule has 3 aromatic rings. The molecule has 5 nitrogen and oxygen atoms in total. The molecule has 0 saturated carbocycles. The van der Waals surface area contributed by atoms with Gasteiger partial charge in [-0.15, -0.1) is 0 Å². The van der Waals surface area contributed by atoms with Gasteiger partial charge in [-0.05, 0) is 62.7 Å². The number of nitrogens with one attached hydrogen (secondary N) is 2. The summed E-state index contributed by atoms with van der Waals surface area (Å²) in [4.78, 5) is 28.0. The van der Waals surface area contributed by atoms with Gasteiger partial charge < -0.3 is 15.0 Å². The number of aromatic amines is 1. The van der Waals surface area contributed by atoms with Crippen LogP contribution in [0.3, 0.4) is 0 Å². The standard InChI is InChI=1S/C21H18ClF3N2O3/c1-10-11(2)26-17-7-4-13(8-15(10)17)20(29)30-12(3)19(28)27-18-9-14(21(23,24)25)5-6-16(18)22/h4-9,12,26H,1-3H3,(H,27,28). The zero-order valence-electron chi connectivity index (χ0n) is 16.3. The van der Waals surface area contributed by atoms with Gasteiger partial charge in [0.05, 0.1) is 21.8 Å². The number of ether oxygens (including phenoxy) is 1. The molecular formula is C21H18ClF3N2O3. The number of esters is 1. The summed E-state index contributed by atoms with van der Waals surface area (Å²) in [5.74, 6) is -1.53. The van der Waals surface area contributed by atoms with Crippen LogP contribution in [0.4, 0.5) is 18.9 Å². The summed E-state index contributed by atoms with van der Waals surface area (Å²) >= 11 is 5.88. The Morgan fingerprint density at radius 1 is 1.13 bits per heavy atom. The van der Waals surface area contributed by atoms with Gasteiger partial charge in [-0.3, -0.25) is 4.79 Å². The second-order valence-electron chi connectivity index (χ2n) is 6.86. The van der Waals surface area contributed by atoms with E-state index in [-0.39, 0.29) is 16.3 Å². The Hall–Kier alpha value is -3.00. The smallest absolute Gasteiger partial charge is 0.416 e. The predicted octanol–water partition coefficient (Wildman–Crippen LogP) is 5.64. The number of carbonyl (C=O) groups excluding carboxylic acids is 2. The van der Waals surface area contributed by atoms with Crippen molar-refractivity contribution in [1.82, 2.24) is 4.98 Å². The molecule has 0 aliphatic heterocycles. The fourth-order valence-corrected chi connectivity index (χ4v) is 3.07. The van der Waals surface area contributed by atoms with Gasteiger partial charge in [-0.1, -0.05) is 11.6 Å². The molecule has 1 unspecified atom stereocenters. The summed E-state index contributed by atoms with van der Waals surface area (Å²) in [5, 5.41) is 3.05. The lowest BCUT2D eigenvalue weighted by atomic mass is 10.1. The number of fused-ring (bicyclic) bond motifs is 1. The number of aryl methyl sites for hydroxylation is 2. The molecule has 2 N–H and O–H groups in total. The van der Waals surface area contributed by atoms with E-state index in [1.807, 2.05) is 13.8 Å². The number of H-pyrrole nitrogens is 1. The average Bonchev–Trinajstić information content (AvgIpc) is 2.96. The van der Waals surface area contributed by atoms with Gasteiger partial charge in [0.25, 0.3) is 5.91 Å². The molecule has 3 rings (SSSR count). The van der Waals surface area contributed by atoms with Crippen molar-refractivity contribution in [3.63, 3.8) is 0 Å². The molecule has 0 aliphatic rings. The van der Waals surface area contributed by atoms with E-state index in [1.54, 1.807) is 18.2 Å². The number of amides is 1. The van der Waals surface area contributed by atoms with E-state index >= 15 is 0 Å². The third-order valence-corrected chi connectivity index (χ3v) is 5.08. The van der Waals surface area contributed by atoms with Gasteiger partial charge in [0, 0.05) is 16.6 Å². The van der Waals surface area contributed by atoms with Gasteiger partial charge >= 0.3 is 12.1 Å². The maximum Gasteiger partial charge on any atom is 0.416 e. The van der Waals surface area contributed by atoms with E-state index in [9.17, 15) is 22.8 Å². The molecule has 1 heterocycles. The van der Waals surface area contributed by atoms with Crippen LogP contribution in [0.15, 0.2) is 36.4 Å². The molecule has 0 spiro atoms. The lowest BCUT2D eigenvalue weighted by Crippen LogP contribution is -2.30. The van der Waals surface area contributed by atoms with Crippen LogP contribution in [0.1, 0.15) is 34.1 Å². The van der Waals surface area contributed by atoms with Gasteiger partial charge in [-0.25, -0.2) is 4.79 Å². The minimum absolute atomic E-state index is 0.0707. The number of hydrogen-bond donors (Lipinski definition) is 2. The molecule has 1 amide bonds. The highest BCUT2D eigenvalue weighted by Gasteiger charge is 2.31. The number of carbonyl (C=O) groups is 2. The Morgan fingerprint density at radius 2 is 1.83 bits per heavy atom. The normalized spacial score (nSPS) is 12.6. The summed E-state index contributed by atoms with van der Waals surface area (Å²) in [6.07, 6.45) is -5.84. The first-order chi connectivity index (χ1) is 14.0. The third kappa shape index (κ3) is 4.43. The van der Waals surface area contributed by atoms with Crippen LogP contribution in [0, 0.1) is 13.8 Å². The first-order valence-corrected chi connectivity index (χ1v) is 9.32. The molecular weight excluding hydrogens is 421 g/mol. The topological polar surface area (TPSA) is 71.2 Å². The highest BCUT2D eigenvalue weighted by molar-refractivity contribution is 6.33.